The number of piperidine rings is 1. The van der Waals surface area contributed by atoms with Gasteiger partial charge in [-0.3, -0.25) is 14.7 Å². The highest BCUT2D eigenvalue weighted by Gasteiger charge is 2.29. The number of hydrogen-bond donors (Lipinski definition) is 2. The summed E-state index contributed by atoms with van der Waals surface area (Å²) in [7, 11) is 0. The van der Waals surface area contributed by atoms with Gasteiger partial charge in [0.2, 0.25) is 0 Å². The van der Waals surface area contributed by atoms with Crippen LogP contribution in [-0.2, 0) is 0 Å². The number of H-pyrrole nitrogens is 2. The predicted molar refractivity (Wildman–Crippen MR) is 108 cm³/mol. The minimum atomic E-state index is -0.469. The second kappa shape index (κ2) is 7.76. The van der Waals surface area contributed by atoms with Crippen molar-refractivity contribution < 1.29 is 4.79 Å². The molecule has 1 atom stereocenters. The van der Waals surface area contributed by atoms with Crippen LogP contribution in [0, 0.1) is 18.3 Å². The number of benzene rings is 1. The molecule has 0 radical (unpaired) electrons. The van der Waals surface area contributed by atoms with Gasteiger partial charge in [0.25, 0.3) is 11.5 Å². The molecule has 3 aromatic rings. The Balaban J connectivity index is 1.61. The van der Waals surface area contributed by atoms with E-state index in [1.165, 1.54) is 6.07 Å². The number of amides is 1. The van der Waals surface area contributed by atoms with Crippen molar-refractivity contribution in [2.75, 3.05) is 13.1 Å². The zero-order chi connectivity index (χ0) is 20.4. The van der Waals surface area contributed by atoms with Crippen LogP contribution in [0.4, 0.5) is 0 Å². The second-order valence-electron chi connectivity index (χ2n) is 7.32. The number of rotatable bonds is 3. The number of likely N-dealkylation sites (tertiary alicyclic amines) is 1. The molecule has 1 amide bonds. The third kappa shape index (κ3) is 3.57. The van der Waals surface area contributed by atoms with Crippen molar-refractivity contribution in [2.45, 2.75) is 25.7 Å². The van der Waals surface area contributed by atoms with Gasteiger partial charge in [0.15, 0.2) is 0 Å². The van der Waals surface area contributed by atoms with E-state index in [4.69, 9.17) is 5.26 Å². The Labute approximate surface area is 168 Å². The maximum absolute atomic E-state index is 13.1. The van der Waals surface area contributed by atoms with Gasteiger partial charge in [-0.15, -0.1) is 0 Å². The van der Waals surface area contributed by atoms with E-state index in [-0.39, 0.29) is 17.4 Å². The first-order chi connectivity index (χ1) is 14.1. The molecule has 29 heavy (non-hydrogen) atoms. The number of hydrogen-bond acceptors (Lipinski definition) is 4. The second-order valence-corrected chi connectivity index (χ2v) is 7.32. The van der Waals surface area contributed by atoms with Gasteiger partial charge in [-0.05, 0) is 31.4 Å². The van der Waals surface area contributed by atoms with Crippen molar-refractivity contribution in [1.82, 2.24) is 20.1 Å². The summed E-state index contributed by atoms with van der Waals surface area (Å²) in [5.74, 6) is -0.0235. The normalized spacial score (nSPS) is 16.4. The molecule has 2 aromatic heterocycles. The quantitative estimate of drug-likeness (QED) is 0.721. The van der Waals surface area contributed by atoms with E-state index in [1.807, 2.05) is 42.6 Å². The maximum atomic E-state index is 13.1. The van der Waals surface area contributed by atoms with E-state index in [0.717, 1.165) is 29.7 Å². The van der Waals surface area contributed by atoms with Crippen LogP contribution in [0.25, 0.3) is 11.1 Å². The molecule has 7 heteroatoms. The SMILES string of the molecule is Cc1[nH]c(=O)c(C#N)cc1C(=O)N1CCC[C@H](c2[nH]ncc2-c2ccccc2)C1. The fourth-order valence-electron chi connectivity index (χ4n) is 3.95. The fourth-order valence-corrected chi connectivity index (χ4v) is 3.95. The van der Waals surface area contributed by atoms with Crippen LogP contribution < -0.4 is 5.56 Å². The van der Waals surface area contributed by atoms with Crippen LogP contribution in [0.15, 0.2) is 47.4 Å². The molecule has 7 nitrogen and oxygen atoms in total. The molecule has 0 bridgehead atoms. The lowest BCUT2D eigenvalue weighted by Gasteiger charge is -2.33. The Morgan fingerprint density at radius 3 is 2.86 bits per heavy atom. The van der Waals surface area contributed by atoms with Gasteiger partial charge in [-0.1, -0.05) is 30.3 Å². The molecule has 1 aliphatic heterocycles. The summed E-state index contributed by atoms with van der Waals surface area (Å²) in [5.41, 5.74) is 3.51. The summed E-state index contributed by atoms with van der Waals surface area (Å²) in [6.07, 6.45) is 3.66. The smallest absolute Gasteiger partial charge is 0.266 e. The number of nitrogens with zero attached hydrogens (tertiary/aromatic N) is 3. The molecule has 2 N–H and O–H groups in total. The van der Waals surface area contributed by atoms with E-state index in [2.05, 4.69) is 15.2 Å². The number of aromatic amines is 2. The average molecular weight is 387 g/mol. The molecule has 1 saturated heterocycles. The van der Waals surface area contributed by atoms with Crippen molar-refractivity contribution in [3.05, 3.63) is 75.5 Å². The first-order valence-electron chi connectivity index (χ1n) is 9.60. The Morgan fingerprint density at radius 2 is 2.10 bits per heavy atom. The zero-order valence-corrected chi connectivity index (χ0v) is 16.1. The Bertz CT molecular complexity index is 1140. The molecule has 0 spiro atoms. The summed E-state index contributed by atoms with van der Waals surface area (Å²) in [5, 5.41) is 16.5. The number of pyridine rings is 1. The molecule has 3 heterocycles. The number of aryl methyl sites for hydroxylation is 1. The van der Waals surface area contributed by atoms with Gasteiger partial charge in [0.05, 0.1) is 11.8 Å². The summed E-state index contributed by atoms with van der Waals surface area (Å²) in [4.78, 5) is 29.3. The number of nitriles is 1. The van der Waals surface area contributed by atoms with Crippen molar-refractivity contribution in [3.8, 4) is 17.2 Å². The van der Waals surface area contributed by atoms with E-state index in [0.29, 0.717) is 24.3 Å². The lowest BCUT2D eigenvalue weighted by molar-refractivity contribution is 0.0704. The maximum Gasteiger partial charge on any atom is 0.266 e. The Hall–Kier alpha value is -3.66. The Morgan fingerprint density at radius 1 is 1.31 bits per heavy atom. The highest BCUT2D eigenvalue weighted by atomic mass is 16.2. The summed E-state index contributed by atoms with van der Waals surface area (Å²) in [6.45, 7) is 2.88. The van der Waals surface area contributed by atoms with Gasteiger partial charge in [-0.2, -0.15) is 10.4 Å². The average Bonchev–Trinajstić information content (AvgIpc) is 3.24. The lowest BCUT2D eigenvalue weighted by atomic mass is 9.90. The van der Waals surface area contributed by atoms with Crippen LogP contribution in [0.2, 0.25) is 0 Å². The van der Waals surface area contributed by atoms with Crippen molar-refractivity contribution in [3.63, 3.8) is 0 Å². The van der Waals surface area contributed by atoms with E-state index in [1.54, 1.807) is 11.8 Å². The van der Waals surface area contributed by atoms with E-state index >= 15 is 0 Å². The van der Waals surface area contributed by atoms with Gasteiger partial charge in [0, 0.05) is 36.0 Å². The lowest BCUT2D eigenvalue weighted by Crippen LogP contribution is -2.40. The van der Waals surface area contributed by atoms with Crippen molar-refractivity contribution in [2.24, 2.45) is 0 Å². The third-order valence-electron chi connectivity index (χ3n) is 5.46. The fraction of sp³-hybridized carbons (Fsp3) is 0.273. The highest BCUT2D eigenvalue weighted by molar-refractivity contribution is 5.95. The number of carbonyl (C=O) groups is 1. The molecule has 0 saturated carbocycles. The zero-order valence-electron chi connectivity index (χ0n) is 16.1. The van der Waals surface area contributed by atoms with Crippen LogP contribution in [0.5, 0.6) is 0 Å². The highest BCUT2D eigenvalue weighted by Crippen LogP contribution is 2.33. The van der Waals surface area contributed by atoms with Gasteiger partial charge in [0.1, 0.15) is 11.6 Å². The Kier molecular flexibility index (Phi) is 5.00. The molecule has 1 aromatic carbocycles. The molecule has 1 aliphatic rings. The van der Waals surface area contributed by atoms with Gasteiger partial charge >= 0.3 is 0 Å². The topological polar surface area (TPSA) is 106 Å². The van der Waals surface area contributed by atoms with Crippen molar-refractivity contribution >= 4 is 5.91 Å². The molecular weight excluding hydrogens is 366 g/mol. The van der Waals surface area contributed by atoms with Crippen LogP contribution in [0.1, 0.15) is 46.1 Å². The van der Waals surface area contributed by atoms with Gasteiger partial charge < -0.3 is 9.88 Å². The standard InChI is InChI=1S/C22H21N5O2/c1-14-18(10-17(11-23)21(28)25-14)22(29)27-9-5-8-16(13-27)20-19(12-24-26-20)15-6-3-2-4-7-15/h2-4,6-7,10,12,16H,5,8-9,13H2,1H3,(H,24,26)(H,25,28)/t16-/m0/s1. The third-order valence-corrected chi connectivity index (χ3v) is 5.46. The van der Waals surface area contributed by atoms with E-state index < -0.39 is 5.56 Å². The summed E-state index contributed by atoms with van der Waals surface area (Å²) < 4.78 is 0. The minimum Gasteiger partial charge on any atom is -0.338 e. The van der Waals surface area contributed by atoms with Gasteiger partial charge in [-0.25, -0.2) is 0 Å². The predicted octanol–water partition coefficient (Wildman–Crippen LogP) is 2.96. The first kappa shape index (κ1) is 18.7. The first-order valence-corrected chi connectivity index (χ1v) is 9.60. The largest absolute Gasteiger partial charge is 0.338 e. The van der Waals surface area contributed by atoms with Crippen LogP contribution >= 0.6 is 0 Å². The number of nitrogens with one attached hydrogen (secondary N) is 2. The summed E-state index contributed by atoms with van der Waals surface area (Å²) >= 11 is 0. The molecule has 0 unspecified atom stereocenters. The molecule has 0 aliphatic carbocycles. The summed E-state index contributed by atoms with van der Waals surface area (Å²) in [6, 6.07) is 13.3. The number of aromatic nitrogens is 3. The van der Waals surface area contributed by atoms with Crippen LogP contribution in [-0.4, -0.2) is 39.1 Å². The van der Waals surface area contributed by atoms with Crippen molar-refractivity contribution in [1.29, 1.82) is 5.26 Å². The molecule has 146 valence electrons. The molecule has 4 rings (SSSR count). The minimum absolute atomic E-state index is 0.0487. The van der Waals surface area contributed by atoms with Crippen LogP contribution in [0.3, 0.4) is 0 Å². The monoisotopic (exact) mass is 387 g/mol. The molecule has 1 fully saturated rings. The van der Waals surface area contributed by atoms with E-state index in [9.17, 15) is 9.59 Å². The molecular formula is C22H21N5O2. The number of carbonyl (C=O) groups excluding carboxylic acids is 1.